The minimum Gasteiger partial charge on any atom is -0.489 e. The van der Waals surface area contributed by atoms with Gasteiger partial charge in [-0.25, -0.2) is 0 Å². The Morgan fingerprint density at radius 3 is 2.67 bits per heavy atom. The predicted octanol–water partition coefficient (Wildman–Crippen LogP) is 5.58. The van der Waals surface area contributed by atoms with Gasteiger partial charge in [0.2, 0.25) is 0 Å². The largest absolute Gasteiger partial charge is 0.489 e. The summed E-state index contributed by atoms with van der Waals surface area (Å²) >= 11 is 12.9. The van der Waals surface area contributed by atoms with Gasteiger partial charge in [0.05, 0.1) is 0 Å². The number of hydrogen-bond acceptors (Lipinski definition) is 1. The van der Waals surface area contributed by atoms with Gasteiger partial charge in [-0.1, -0.05) is 55.6 Å². The Morgan fingerprint density at radius 2 is 1.94 bits per heavy atom. The second kappa shape index (κ2) is 6.60. The summed E-state index contributed by atoms with van der Waals surface area (Å²) in [5, 5.41) is 1.52. The second-order valence-electron chi connectivity index (χ2n) is 3.81. The summed E-state index contributed by atoms with van der Waals surface area (Å²) in [5.41, 5.74) is 2.23. The lowest BCUT2D eigenvalue weighted by Gasteiger charge is -2.09. The highest BCUT2D eigenvalue weighted by atomic mass is 79.9. The van der Waals surface area contributed by atoms with Crippen LogP contribution in [0.1, 0.15) is 11.1 Å². The summed E-state index contributed by atoms with van der Waals surface area (Å²) in [5.74, 6) is 0.854. The van der Waals surface area contributed by atoms with Gasteiger partial charge < -0.3 is 4.74 Å². The molecular formula is C14H11Br2ClO. The summed E-state index contributed by atoms with van der Waals surface area (Å²) in [6, 6.07) is 13.6. The van der Waals surface area contributed by atoms with Gasteiger partial charge in [-0.05, 0) is 41.5 Å². The van der Waals surface area contributed by atoms with Gasteiger partial charge in [0.1, 0.15) is 12.4 Å². The van der Waals surface area contributed by atoms with E-state index in [2.05, 4.69) is 31.9 Å². The second-order valence-corrected chi connectivity index (χ2v) is 5.66. The van der Waals surface area contributed by atoms with Crippen molar-refractivity contribution in [1.82, 2.24) is 0 Å². The van der Waals surface area contributed by atoms with Gasteiger partial charge in [0.15, 0.2) is 0 Å². The van der Waals surface area contributed by atoms with Crippen LogP contribution in [0.4, 0.5) is 0 Å². The van der Waals surface area contributed by atoms with E-state index in [9.17, 15) is 0 Å². The summed E-state index contributed by atoms with van der Waals surface area (Å²) in [7, 11) is 0. The molecule has 0 bridgehead atoms. The van der Waals surface area contributed by atoms with Gasteiger partial charge in [0.25, 0.3) is 0 Å². The van der Waals surface area contributed by atoms with Crippen LogP contribution >= 0.6 is 43.5 Å². The molecule has 4 heteroatoms. The van der Waals surface area contributed by atoms with Gasteiger partial charge in [0, 0.05) is 14.8 Å². The van der Waals surface area contributed by atoms with Crippen molar-refractivity contribution in [3.63, 3.8) is 0 Å². The molecule has 18 heavy (non-hydrogen) atoms. The van der Waals surface area contributed by atoms with Crippen molar-refractivity contribution < 1.29 is 4.74 Å². The zero-order valence-corrected chi connectivity index (χ0v) is 13.4. The lowest BCUT2D eigenvalue weighted by Crippen LogP contribution is -1.96. The zero-order chi connectivity index (χ0) is 13.0. The normalized spacial score (nSPS) is 10.4. The third-order valence-corrected chi connectivity index (χ3v) is 4.07. The topological polar surface area (TPSA) is 9.23 Å². The molecule has 0 radical (unpaired) electrons. The Labute approximate surface area is 128 Å². The molecule has 0 fully saturated rings. The fraction of sp³-hybridized carbons (Fsp3) is 0.143. The van der Waals surface area contributed by atoms with Crippen LogP contribution in [-0.2, 0) is 11.9 Å². The third-order valence-electron chi connectivity index (χ3n) is 2.46. The molecule has 0 aliphatic carbocycles. The van der Waals surface area contributed by atoms with E-state index in [0.29, 0.717) is 6.61 Å². The minimum atomic E-state index is 0.518. The van der Waals surface area contributed by atoms with Crippen LogP contribution in [-0.4, -0.2) is 0 Å². The molecule has 94 valence electrons. The number of rotatable bonds is 4. The number of alkyl halides is 1. The first-order chi connectivity index (χ1) is 8.69. The number of benzene rings is 2. The van der Waals surface area contributed by atoms with Crippen LogP contribution in [0.25, 0.3) is 0 Å². The van der Waals surface area contributed by atoms with Crippen LogP contribution < -0.4 is 4.74 Å². The third kappa shape index (κ3) is 3.74. The van der Waals surface area contributed by atoms with Gasteiger partial charge >= 0.3 is 0 Å². The zero-order valence-electron chi connectivity index (χ0n) is 9.50. The standard InChI is InChI=1S/C14H11Br2ClO/c15-8-11-7-13(4-5-14(11)16)18-9-10-2-1-3-12(17)6-10/h1-7H,8-9H2. The predicted molar refractivity (Wildman–Crippen MR) is 82.6 cm³/mol. The number of hydrogen-bond donors (Lipinski definition) is 0. The summed E-state index contributed by atoms with van der Waals surface area (Å²) in [6.07, 6.45) is 0. The highest BCUT2D eigenvalue weighted by molar-refractivity contribution is 9.10. The van der Waals surface area contributed by atoms with Crippen LogP contribution in [0, 0.1) is 0 Å². The van der Waals surface area contributed by atoms with Crippen molar-refractivity contribution in [3.05, 3.63) is 63.1 Å². The monoisotopic (exact) mass is 388 g/mol. The van der Waals surface area contributed by atoms with E-state index in [4.69, 9.17) is 16.3 Å². The minimum absolute atomic E-state index is 0.518. The fourth-order valence-electron chi connectivity index (χ4n) is 1.54. The van der Waals surface area contributed by atoms with Crippen molar-refractivity contribution >= 4 is 43.5 Å². The molecular weight excluding hydrogens is 379 g/mol. The first-order valence-corrected chi connectivity index (χ1v) is 7.70. The van der Waals surface area contributed by atoms with E-state index in [0.717, 1.165) is 26.1 Å². The molecule has 0 amide bonds. The first kappa shape index (κ1) is 13.9. The van der Waals surface area contributed by atoms with Gasteiger partial charge in [-0.2, -0.15) is 0 Å². The van der Waals surface area contributed by atoms with Gasteiger partial charge in [-0.3, -0.25) is 0 Å². The SMILES string of the molecule is Clc1cccc(COc2ccc(Br)c(CBr)c2)c1. The highest BCUT2D eigenvalue weighted by Crippen LogP contribution is 2.25. The average Bonchev–Trinajstić information content (AvgIpc) is 2.38. The summed E-state index contributed by atoms with van der Waals surface area (Å²) < 4.78 is 6.82. The molecule has 0 aliphatic rings. The summed E-state index contributed by atoms with van der Waals surface area (Å²) in [4.78, 5) is 0. The van der Waals surface area contributed by atoms with Crippen LogP contribution in [0.5, 0.6) is 5.75 Å². The van der Waals surface area contributed by atoms with E-state index < -0.39 is 0 Å². The van der Waals surface area contributed by atoms with Crippen molar-refractivity contribution in [2.24, 2.45) is 0 Å². The van der Waals surface area contributed by atoms with E-state index in [1.807, 2.05) is 42.5 Å². The number of ether oxygens (including phenoxy) is 1. The van der Waals surface area contributed by atoms with E-state index in [1.165, 1.54) is 5.56 Å². The van der Waals surface area contributed by atoms with Crippen LogP contribution in [0.15, 0.2) is 46.9 Å². The Morgan fingerprint density at radius 1 is 1.11 bits per heavy atom. The Balaban J connectivity index is 2.06. The molecule has 0 N–H and O–H groups in total. The van der Waals surface area contributed by atoms with Crippen molar-refractivity contribution in [3.8, 4) is 5.75 Å². The molecule has 1 nitrogen and oxygen atoms in total. The molecule has 0 aromatic heterocycles. The molecule has 2 aromatic carbocycles. The van der Waals surface area contributed by atoms with Gasteiger partial charge in [-0.15, -0.1) is 0 Å². The van der Waals surface area contributed by atoms with E-state index in [-0.39, 0.29) is 0 Å². The molecule has 0 saturated heterocycles. The maximum Gasteiger partial charge on any atom is 0.120 e. The van der Waals surface area contributed by atoms with Crippen molar-refractivity contribution in [1.29, 1.82) is 0 Å². The molecule has 2 aromatic rings. The Bertz CT molecular complexity index is 543. The molecule has 0 saturated carbocycles. The number of halogens is 3. The fourth-order valence-corrected chi connectivity index (χ4v) is 2.98. The highest BCUT2D eigenvalue weighted by Gasteiger charge is 2.02. The Hall–Kier alpha value is -0.510. The molecule has 0 aliphatic heterocycles. The molecule has 0 atom stereocenters. The molecule has 0 spiro atoms. The Kier molecular flexibility index (Phi) is 5.10. The quantitative estimate of drug-likeness (QED) is 0.620. The maximum absolute atomic E-state index is 5.93. The molecule has 0 heterocycles. The lowest BCUT2D eigenvalue weighted by atomic mass is 10.2. The van der Waals surface area contributed by atoms with Crippen LogP contribution in [0.3, 0.4) is 0 Å². The van der Waals surface area contributed by atoms with E-state index >= 15 is 0 Å². The summed E-state index contributed by atoms with van der Waals surface area (Å²) in [6.45, 7) is 0.518. The lowest BCUT2D eigenvalue weighted by molar-refractivity contribution is 0.306. The van der Waals surface area contributed by atoms with E-state index in [1.54, 1.807) is 0 Å². The van der Waals surface area contributed by atoms with Crippen LogP contribution in [0.2, 0.25) is 5.02 Å². The molecule has 0 unspecified atom stereocenters. The average molecular weight is 391 g/mol. The first-order valence-electron chi connectivity index (χ1n) is 5.40. The smallest absolute Gasteiger partial charge is 0.120 e. The van der Waals surface area contributed by atoms with Crippen molar-refractivity contribution in [2.45, 2.75) is 11.9 Å². The molecule has 2 rings (SSSR count). The van der Waals surface area contributed by atoms with Crippen molar-refractivity contribution in [2.75, 3.05) is 0 Å². The maximum atomic E-state index is 5.93.